The first-order valence-electron chi connectivity index (χ1n) is 9.47. The van der Waals surface area contributed by atoms with Crippen molar-refractivity contribution >= 4 is 16.8 Å². The van der Waals surface area contributed by atoms with Crippen LogP contribution in [0.15, 0.2) is 42.7 Å². The van der Waals surface area contributed by atoms with Crippen molar-refractivity contribution in [1.82, 2.24) is 25.0 Å². The smallest absolute Gasteiger partial charge is 0.242 e. The van der Waals surface area contributed by atoms with Crippen LogP contribution in [-0.2, 0) is 18.4 Å². The number of rotatable bonds is 5. The van der Waals surface area contributed by atoms with Crippen LogP contribution in [0.2, 0.25) is 0 Å². The molecule has 4 rings (SSSR count). The minimum absolute atomic E-state index is 0.0105. The van der Waals surface area contributed by atoms with E-state index in [0.29, 0.717) is 6.54 Å². The van der Waals surface area contributed by atoms with E-state index in [0.717, 1.165) is 48.1 Å². The Kier molecular flexibility index (Phi) is 4.90. The van der Waals surface area contributed by atoms with E-state index in [4.69, 9.17) is 0 Å². The van der Waals surface area contributed by atoms with E-state index >= 15 is 0 Å². The summed E-state index contributed by atoms with van der Waals surface area (Å²) in [4.78, 5) is 19.6. The molecule has 6 heteroatoms. The fourth-order valence-corrected chi connectivity index (χ4v) is 3.92. The number of benzene rings is 1. The van der Waals surface area contributed by atoms with Crippen LogP contribution in [-0.4, -0.2) is 38.7 Å². The minimum Gasteiger partial charge on any atom is -0.349 e. The lowest BCUT2D eigenvalue weighted by molar-refractivity contribution is -0.126. The molecule has 1 amide bonds. The van der Waals surface area contributed by atoms with E-state index in [1.54, 1.807) is 12.4 Å². The van der Waals surface area contributed by atoms with E-state index in [9.17, 15) is 4.79 Å². The first-order valence-corrected chi connectivity index (χ1v) is 9.47. The fourth-order valence-electron chi connectivity index (χ4n) is 3.92. The largest absolute Gasteiger partial charge is 0.349 e. The van der Waals surface area contributed by atoms with Crippen LogP contribution in [0.5, 0.6) is 0 Å². The lowest BCUT2D eigenvalue weighted by Crippen LogP contribution is -2.39. The predicted molar refractivity (Wildman–Crippen MR) is 105 cm³/mol. The summed E-state index contributed by atoms with van der Waals surface area (Å²) in [6.45, 7) is 4.38. The van der Waals surface area contributed by atoms with Gasteiger partial charge in [-0.25, -0.2) is 0 Å². The Morgan fingerprint density at radius 2 is 2.07 bits per heavy atom. The van der Waals surface area contributed by atoms with Crippen molar-refractivity contribution in [3.63, 3.8) is 0 Å². The van der Waals surface area contributed by atoms with Gasteiger partial charge in [0, 0.05) is 24.8 Å². The monoisotopic (exact) mass is 363 g/mol. The van der Waals surface area contributed by atoms with E-state index < -0.39 is 0 Å². The standard InChI is InChI=1S/C21H25N5O/c1-15-7-8-19-17(12-15)18(24-25(19)2)14-23-21(27)20(26-10-3-4-11-26)16-6-5-9-22-13-16/h5-9,12-13,20H,3-4,10-11,14H2,1-2H3,(H,23,27). The van der Waals surface area contributed by atoms with Crippen molar-refractivity contribution < 1.29 is 4.79 Å². The summed E-state index contributed by atoms with van der Waals surface area (Å²) in [6.07, 6.45) is 5.80. The molecule has 0 bridgehead atoms. The van der Waals surface area contributed by atoms with Crippen LogP contribution in [0.25, 0.3) is 10.9 Å². The number of fused-ring (bicyclic) bond motifs is 1. The molecule has 1 aliphatic rings. The summed E-state index contributed by atoms with van der Waals surface area (Å²) in [5, 5.41) is 8.82. The molecule has 1 unspecified atom stereocenters. The molecule has 0 aliphatic carbocycles. The molecule has 140 valence electrons. The van der Waals surface area contributed by atoms with Crippen molar-refractivity contribution in [2.45, 2.75) is 32.4 Å². The molecule has 1 atom stereocenters. The number of hydrogen-bond acceptors (Lipinski definition) is 4. The maximum absolute atomic E-state index is 13.1. The summed E-state index contributed by atoms with van der Waals surface area (Å²) >= 11 is 0. The number of nitrogens with one attached hydrogen (secondary N) is 1. The number of amides is 1. The lowest BCUT2D eigenvalue weighted by Gasteiger charge is -2.26. The van der Waals surface area contributed by atoms with Crippen LogP contribution >= 0.6 is 0 Å². The van der Waals surface area contributed by atoms with Gasteiger partial charge in [0.15, 0.2) is 0 Å². The number of carbonyl (C=O) groups is 1. The SMILES string of the molecule is Cc1ccc2c(c1)c(CNC(=O)C(c1cccnc1)N1CCCC1)nn2C. The Bertz CT molecular complexity index is 944. The van der Waals surface area contributed by atoms with Crippen LogP contribution in [0.3, 0.4) is 0 Å². The molecular formula is C21H25N5O. The molecule has 27 heavy (non-hydrogen) atoms. The average molecular weight is 363 g/mol. The topological polar surface area (TPSA) is 63.1 Å². The highest BCUT2D eigenvalue weighted by Crippen LogP contribution is 2.25. The summed E-state index contributed by atoms with van der Waals surface area (Å²) in [6, 6.07) is 9.86. The van der Waals surface area contributed by atoms with Gasteiger partial charge in [0.2, 0.25) is 5.91 Å². The first kappa shape index (κ1) is 17.7. The zero-order valence-corrected chi connectivity index (χ0v) is 15.9. The molecule has 0 saturated carbocycles. The molecule has 6 nitrogen and oxygen atoms in total. The Morgan fingerprint density at radius 3 is 2.81 bits per heavy atom. The molecule has 1 aromatic carbocycles. The Labute approximate surface area is 159 Å². The van der Waals surface area contributed by atoms with Crippen molar-refractivity contribution in [3.8, 4) is 0 Å². The van der Waals surface area contributed by atoms with Crippen molar-refractivity contribution in [2.75, 3.05) is 13.1 Å². The van der Waals surface area contributed by atoms with Crippen LogP contribution in [0, 0.1) is 6.92 Å². The quantitative estimate of drug-likeness (QED) is 0.757. The van der Waals surface area contributed by atoms with Gasteiger partial charge in [-0.1, -0.05) is 17.7 Å². The van der Waals surface area contributed by atoms with Gasteiger partial charge in [-0.3, -0.25) is 19.4 Å². The molecule has 1 N–H and O–H groups in total. The van der Waals surface area contributed by atoms with Gasteiger partial charge in [0.25, 0.3) is 0 Å². The van der Waals surface area contributed by atoms with Gasteiger partial charge in [-0.05, 0) is 56.6 Å². The molecule has 1 saturated heterocycles. The van der Waals surface area contributed by atoms with E-state index in [-0.39, 0.29) is 11.9 Å². The third kappa shape index (κ3) is 3.57. The predicted octanol–water partition coefficient (Wildman–Crippen LogP) is 2.73. The fraction of sp³-hybridized carbons (Fsp3) is 0.381. The minimum atomic E-state index is -0.294. The number of carbonyl (C=O) groups excluding carboxylic acids is 1. The van der Waals surface area contributed by atoms with Gasteiger partial charge in [0.1, 0.15) is 6.04 Å². The highest BCUT2D eigenvalue weighted by Gasteiger charge is 2.29. The third-order valence-corrected chi connectivity index (χ3v) is 5.27. The molecular weight excluding hydrogens is 338 g/mol. The van der Waals surface area contributed by atoms with Gasteiger partial charge in [-0.2, -0.15) is 5.10 Å². The average Bonchev–Trinajstić information content (AvgIpc) is 3.30. The zero-order valence-electron chi connectivity index (χ0n) is 15.9. The third-order valence-electron chi connectivity index (χ3n) is 5.27. The van der Waals surface area contributed by atoms with Crippen molar-refractivity contribution in [1.29, 1.82) is 0 Å². The second kappa shape index (κ2) is 7.48. The number of pyridine rings is 1. The van der Waals surface area contributed by atoms with Crippen molar-refractivity contribution in [3.05, 3.63) is 59.5 Å². The highest BCUT2D eigenvalue weighted by molar-refractivity contribution is 5.85. The number of nitrogens with zero attached hydrogens (tertiary/aromatic N) is 4. The zero-order chi connectivity index (χ0) is 18.8. The van der Waals surface area contributed by atoms with Crippen LogP contribution in [0.4, 0.5) is 0 Å². The van der Waals surface area contributed by atoms with E-state index in [2.05, 4.69) is 45.4 Å². The second-order valence-electron chi connectivity index (χ2n) is 7.24. The summed E-state index contributed by atoms with van der Waals surface area (Å²) in [5.41, 5.74) is 4.11. The van der Waals surface area contributed by atoms with Gasteiger partial charge in [-0.15, -0.1) is 0 Å². The van der Waals surface area contributed by atoms with Crippen LogP contribution < -0.4 is 5.32 Å². The molecule has 2 aromatic heterocycles. The second-order valence-corrected chi connectivity index (χ2v) is 7.24. The number of aryl methyl sites for hydroxylation is 2. The maximum Gasteiger partial charge on any atom is 0.242 e. The molecule has 0 spiro atoms. The normalized spacial score (nSPS) is 15.9. The Morgan fingerprint density at radius 1 is 1.26 bits per heavy atom. The molecule has 3 heterocycles. The summed E-state index contributed by atoms with van der Waals surface area (Å²) < 4.78 is 1.87. The Balaban J connectivity index is 1.56. The summed E-state index contributed by atoms with van der Waals surface area (Å²) in [7, 11) is 1.94. The number of hydrogen-bond donors (Lipinski definition) is 1. The maximum atomic E-state index is 13.1. The van der Waals surface area contributed by atoms with Gasteiger partial charge >= 0.3 is 0 Å². The number of likely N-dealkylation sites (tertiary alicyclic amines) is 1. The highest BCUT2D eigenvalue weighted by atomic mass is 16.2. The van der Waals surface area contributed by atoms with E-state index in [1.165, 1.54) is 5.56 Å². The molecule has 0 radical (unpaired) electrons. The number of aromatic nitrogens is 3. The Hall–Kier alpha value is -2.73. The van der Waals surface area contributed by atoms with Crippen molar-refractivity contribution in [2.24, 2.45) is 7.05 Å². The van der Waals surface area contributed by atoms with Crippen LogP contribution in [0.1, 0.15) is 35.7 Å². The van der Waals surface area contributed by atoms with Gasteiger partial charge < -0.3 is 5.32 Å². The first-order chi connectivity index (χ1) is 13.1. The summed E-state index contributed by atoms with van der Waals surface area (Å²) in [5.74, 6) is 0.0105. The lowest BCUT2D eigenvalue weighted by atomic mass is 10.1. The molecule has 1 aliphatic heterocycles. The molecule has 3 aromatic rings. The van der Waals surface area contributed by atoms with E-state index in [1.807, 2.05) is 23.9 Å². The van der Waals surface area contributed by atoms with Gasteiger partial charge in [0.05, 0.1) is 17.8 Å². The molecule has 1 fully saturated rings.